The van der Waals surface area contributed by atoms with E-state index in [2.05, 4.69) is 40.3 Å². The standard InChI is InChI=1S/C21H23N3O/c25-21-20-9-5-4-8-19(20)15-22-24(21)16-23-12-10-18(11-13-23)14-17-6-2-1-3-7-17/h1-9,15,18H,10-14,16H2. The monoisotopic (exact) mass is 333 g/mol. The molecule has 2 heterocycles. The molecule has 0 N–H and O–H groups in total. The molecule has 4 heteroatoms. The van der Waals surface area contributed by atoms with Gasteiger partial charge >= 0.3 is 0 Å². The number of aromatic nitrogens is 2. The molecule has 1 fully saturated rings. The van der Waals surface area contributed by atoms with Gasteiger partial charge in [-0.3, -0.25) is 9.69 Å². The molecule has 25 heavy (non-hydrogen) atoms. The summed E-state index contributed by atoms with van der Waals surface area (Å²) in [6.07, 6.45) is 5.30. The minimum atomic E-state index is 0.00418. The molecule has 128 valence electrons. The van der Waals surface area contributed by atoms with E-state index in [1.165, 1.54) is 18.4 Å². The average molecular weight is 333 g/mol. The van der Waals surface area contributed by atoms with Gasteiger partial charge in [-0.05, 0) is 36.8 Å². The first kappa shape index (κ1) is 16.0. The third-order valence-corrected chi connectivity index (χ3v) is 5.17. The van der Waals surface area contributed by atoms with Crippen LogP contribution in [-0.4, -0.2) is 27.8 Å². The quantitative estimate of drug-likeness (QED) is 0.735. The molecular weight excluding hydrogens is 310 g/mol. The third kappa shape index (κ3) is 3.64. The van der Waals surface area contributed by atoms with Gasteiger partial charge in [-0.2, -0.15) is 5.10 Å². The minimum Gasteiger partial charge on any atom is -0.284 e. The zero-order chi connectivity index (χ0) is 17.1. The summed E-state index contributed by atoms with van der Waals surface area (Å²) >= 11 is 0. The highest BCUT2D eigenvalue weighted by Gasteiger charge is 2.20. The van der Waals surface area contributed by atoms with Crippen molar-refractivity contribution in [1.82, 2.24) is 14.7 Å². The number of piperidine rings is 1. The molecule has 3 aromatic rings. The number of hydrogen-bond acceptors (Lipinski definition) is 3. The zero-order valence-corrected chi connectivity index (χ0v) is 14.3. The molecule has 1 aliphatic rings. The highest BCUT2D eigenvalue weighted by molar-refractivity contribution is 5.80. The van der Waals surface area contributed by atoms with Crippen LogP contribution in [0.3, 0.4) is 0 Å². The van der Waals surface area contributed by atoms with Crippen molar-refractivity contribution < 1.29 is 0 Å². The normalized spacial score (nSPS) is 16.3. The van der Waals surface area contributed by atoms with Crippen LogP contribution >= 0.6 is 0 Å². The van der Waals surface area contributed by atoms with Crippen molar-refractivity contribution in [2.24, 2.45) is 5.92 Å². The second-order valence-corrected chi connectivity index (χ2v) is 6.93. The Morgan fingerprint density at radius 1 is 0.960 bits per heavy atom. The van der Waals surface area contributed by atoms with E-state index in [1.807, 2.05) is 24.3 Å². The van der Waals surface area contributed by atoms with Gasteiger partial charge in [0.2, 0.25) is 0 Å². The van der Waals surface area contributed by atoms with Gasteiger partial charge < -0.3 is 0 Å². The maximum absolute atomic E-state index is 12.6. The van der Waals surface area contributed by atoms with Crippen molar-refractivity contribution in [3.63, 3.8) is 0 Å². The first-order valence-corrected chi connectivity index (χ1v) is 9.01. The van der Waals surface area contributed by atoms with Gasteiger partial charge in [0.25, 0.3) is 5.56 Å². The van der Waals surface area contributed by atoms with Crippen LogP contribution < -0.4 is 5.56 Å². The summed E-state index contributed by atoms with van der Waals surface area (Å²) in [6.45, 7) is 2.64. The SMILES string of the molecule is O=c1c2ccccc2cnn1CN1CCC(Cc2ccccc2)CC1. The van der Waals surface area contributed by atoms with E-state index in [1.54, 1.807) is 10.9 Å². The Hall–Kier alpha value is -2.46. The van der Waals surface area contributed by atoms with Crippen LogP contribution in [0.5, 0.6) is 0 Å². The van der Waals surface area contributed by atoms with E-state index in [0.29, 0.717) is 6.67 Å². The number of likely N-dealkylation sites (tertiary alicyclic amines) is 1. The van der Waals surface area contributed by atoms with Crippen molar-refractivity contribution in [2.45, 2.75) is 25.9 Å². The average Bonchev–Trinajstić information content (AvgIpc) is 2.67. The number of nitrogens with zero attached hydrogens (tertiary/aromatic N) is 3. The van der Waals surface area contributed by atoms with Crippen molar-refractivity contribution in [3.05, 3.63) is 76.7 Å². The lowest BCUT2D eigenvalue weighted by Gasteiger charge is -2.31. The lowest BCUT2D eigenvalue weighted by Crippen LogP contribution is -2.39. The molecule has 0 unspecified atom stereocenters. The summed E-state index contributed by atoms with van der Waals surface area (Å²) in [5, 5.41) is 6.00. The van der Waals surface area contributed by atoms with Crippen molar-refractivity contribution in [2.75, 3.05) is 13.1 Å². The van der Waals surface area contributed by atoms with E-state index in [-0.39, 0.29) is 5.56 Å². The van der Waals surface area contributed by atoms with Gasteiger partial charge in [-0.1, -0.05) is 48.5 Å². The first-order valence-electron chi connectivity index (χ1n) is 9.01. The highest BCUT2D eigenvalue weighted by Crippen LogP contribution is 2.21. The van der Waals surface area contributed by atoms with Crippen LogP contribution in [0, 0.1) is 5.92 Å². The molecule has 0 amide bonds. The van der Waals surface area contributed by atoms with Crippen molar-refractivity contribution in [3.8, 4) is 0 Å². The summed E-state index contributed by atoms with van der Waals surface area (Å²) in [5.41, 5.74) is 1.43. The molecule has 4 nitrogen and oxygen atoms in total. The van der Waals surface area contributed by atoms with Gasteiger partial charge in [-0.25, -0.2) is 4.68 Å². The van der Waals surface area contributed by atoms with E-state index in [9.17, 15) is 4.79 Å². The molecule has 2 aromatic carbocycles. The van der Waals surface area contributed by atoms with Crippen LogP contribution in [0.1, 0.15) is 18.4 Å². The summed E-state index contributed by atoms with van der Waals surface area (Å²) in [4.78, 5) is 14.9. The van der Waals surface area contributed by atoms with Gasteiger partial charge in [0.1, 0.15) is 0 Å². The Kier molecular flexibility index (Phi) is 4.61. The summed E-state index contributed by atoms with van der Waals surface area (Å²) in [6, 6.07) is 18.4. The van der Waals surface area contributed by atoms with E-state index in [4.69, 9.17) is 0 Å². The van der Waals surface area contributed by atoms with Gasteiger partial charge in [0.05, 0.1) is 18.3 Å². The predicted octanol–water partition coefficient (Wildman–Crippen LogP) is 3.31. The van der Waals surface area contributed by atoms with Crippen molar-refractivity contribution in [1.29, 1.82) is 0 Å². The summed E-state index contributed by atoms with van der Waals surface area (Å²) in [7, 11) is 0. The maximum atomic E-state index is 12.6. The Labute approximate surface area is 147 Å². The first-order chi connectivity index (χ1) is 12.3. The highest BCUT2D eigenvalue weighted by atomic mass is 16.1. The molecule has 0 aliphatic carbocycles. The summed E-state index contributed by atoms with van der Waals surface area (Å²) < 4.78 is 1.60. The molecule has 1 aliphatic heterocycles. The maximum Gasteiger partial charge on any atom is 0.275 e. The number of benzene rings is 2. The fraction of sp³-hybridized carbons (Fsp3) is 0.333. The van der Waals surface area contributed by atoms with Crippen LogP contribution in [0.25, 0.3) is 10.8 Å². The van der Waals surface area contributed by atoms with Gasteiger partial charge in [0.15, 0.2) is 0 Å². The largest absolute Gasteiger partial charge is 0.284 e. The molecule has 0 bridgehead atoms. The molecule has 1 aromatic heterocycles. The zero-order valence-electron chi connectivity index (χ0n) is 14.3. The molecular formula is C21H23N3O. The van der Waals surface area contributed by atoms with E-state index >= 15 is 0 Å². The summed E-state index contributed by atoms with van der Waals surface area (Å²) in [5.74, 6) is 0.736. The molecule has 4 rings (SSSR count). The Bertz CT molecular complexity index is 896. The van der Waals surface area contributed by atoms with Crippen LogP contribution in [0.15, 0.2) is 65.6 Å². The van der Waals surface area contributed by atoms with Crippen molar-refractivity contribution >= 4 is 10.8 Å². The molecule has 0 radical (unpaired) electrons. The third-order valence-electron chi connectivity index (χ3n) is 5.17. The molecule has 0 saturated carbocycles. The molecule has 1 saturated heterocycles. The Balaban J connectivity index is 1.39. The number of fused-ring (bicyclic) bond motifs is 1. The van der Waals surface area contributed by atoms with E-state index in [0.717, 1.165) is 36.2 Å². The second-order valence-electron chi connectivity index (χ2n) is 6.93. The number of rotatable bonds is 4. The van der Waals surface area contributed by atoms with Crippen LogP contribution in [0.4, 0.5) is 0 Å². The van der Waals surface area contributed by atoms with E-state index < -0.39 is 0 Å². The fourth-order valence-electron chi connectivity index (χ4n) is 3.70. The van der Waals surface area contributed by atoms with Gasteiger partial charge in [-0.15, -0.1) is 0 Å². The van der Waals surface area contributed by atoms with Crippen LogP contribution in [-0.2, 0) is 13.1 Å². The topological polar surface area (TPSA) is 38.1 Å². The fourth-order valence-corrected chi connectivity index (χ4v) is 3.70. The minimum absolute atomic E-state index is 0.00418. The molecule has 0 spiro atoms. The predicted molar refractivity (Wildman–Crippen MR) is 100 cm³/mol. The Morgan fingerprint density at radius 2 is 1.68 bits per heavy atom. The Morgan fingerprint density at radius 3 is 2.48 bits per heavy atom. The number of hydrogen-bond donors (Lipinski definition) is 0. The molecule has 0 atom stereocenters. The van der Waals surface area contributed by atoms with Crippen LogP contribution in [0.2, 0.25) is 0 Å². The lowest BCUT2D eigenvalue weighted by molar-refractivity contribution is 0.138. The van der Waals surface area contributed by atoms with Gasteiger partial charge in [0, 0.05) is 18.5 Å². The lowest BCUT2D eigenvalue weighted by atomic mass is 9.90. The second kappa shape index (κ2) is 7.19. The smallest absolute Gasteiger partial charge is 0.275 e.